The summed E-state index contributed by atoms with van der Waals surface area (Å²) in [6.45, 7) is 1.42. The number of rotatable bonds is 6. The van der Waals surface area contributed by atoms with Crippen LogP contribution in [0.4, 0.5) is 0 Å². The molecule has 1 atom stereocenters. The molecule has 0 aliphatic carbocycles. The predicted octanol–water partition coefficient (Wildman–Crippen LogP) is -0.197. The van der Waals surface area contributed by atoms with Crippen molar-refractivity contribution in [2.45, 2.75) is 18.1 Å². The third-order valence-electron chi connectivity index (χ3n) is 1.89. The molecule has 0 bridgehead atoms. The van der Waals surface area contributed by atoms with Gasteiger partial charge in [-0.1, -0.05) is 0 Å². The molecule has 18 heavy (non-hydrogen) atoms. The SMILES string of the molecule is CC(CS(C)(=O)=O)NS(=O)(=O)c1ccc(C=O)o1. The summed E-state index contributed by atoms with van der Waals surface area (Å²) >= 11 is 0. The first-order valence-corrected chi connectivity index (χ1v) is 8.43. The first kappa shape index (κ1) is 14.9. The van der Waals surface area contributed by atoms with Gasteiger partial charge in [-0.25, -0.2) is 21.6 Å². The van der Waals surface area contributed by atoms with E-state index in [2.05, 4.69) is 4.72 Å². The van der Waals surface area contributed by atoms with Gasteiger partial charge in [0.1, 0.15) is 9.84 Å². The zero-order valence-electron chi connectivity index (χ0n) is 9.78. The molecule has 0 amide bonds. The van der Waals surface area contributed by atoms with E-state index in [1.807, 2.05) is 0 Å². The number of hydrogen-bond donors (Lipinski definition) is 1. The second kappa shape index (κ2) is 5.21. The van der Waals surface area contributed by atoms with E-state index in [4.69, 9.17) is 4.42 Å². The number of nitrogens with one attached hydrogen (secondary N) is 1. The van der Waals surface area contributed by atoms with E-state index in [1.54, 1.807) is 0 Å². The summed E-state index contributed by atoms with van der Waals surface area (Å²) in [7, 11) is -7.25. The van der Waals surface area contributed by atoms with Crippen molar-refractivity contribution < 1.29 is 26.0 Å². The average Bonchev–Trinajstić information content (AvgIpc) is 2.61. The van der Waals surface area contributed by atoms with Gasteiger partial charge in [0.2, 0.25) is 5.09 Å². The van der Waals surface area contributed by atoms with E-state index in [1.165, 1.54) is 13.0 Å². The molecular formula is C9H13NO6S2. The van der Waals surface area contributed by atoms with Crippen molar-refractivity contribution >= 4 is 26.1 Å². The summed E-state index contributed by atoms with van der Waals surface area (Å²) in [6.07, 6.45) is 1.38. The van der Waals surface area contributed by atoms with Gasteiger partial charge >= 0.3 is 0 Å². The van der Waals surface area contributed by atoms with Gasteiger partial charge in [-0.2, -0.15) is 0 Å². The Hall–Kier alpha value is -1.19. The van der Waals surface area contributed by atoms with Gasteiger partial charge in [0.15, 0.2) is 12.0 Å². The lowest BCUT2D eigenvalue weighted by atomic mass is 10.4. The molecule has 1 heterocycles. The number of sulfone groups is 1. The Bertz CT molecular complexity index is 628. The molecule has 0 spiro atoms. The minimum Gasteiger partial charge on any atom is -0.440 e. The van der Waals surface area contributed by atoms with Crippen LogP contribution in [0.1, 0.15) is 17.5 Å². The summed E-state index contributed by atoms with van der Waals surface area (Å²) in [5.74, 6) is -0.445. The van der Waals surface area contributed by atoms with Crippen molar-refractivity contribution in [1.29, 1.82) is 0 Å². The van der Waals surface area contributed by atoms with Crippen LogP contribution in [-0.4, -0.2) is 41.2 Å². The first-order chi connectivity index (χ1) is 8.14. The molecule has 0 saturated carbocycles. The normalized spacial score (nSPS) is 14.3. The van der Waals surface area contributed by atoms with Crippen LogP contribution >= 0.6 is 0 Å². The van der Waals surface area contributed by atoms with Crippen molar-refractivity contribution in [3.63, 3.8) is 0 Å². The van der Waals surface area contributed by atoms with Crippen molar-refractivity contribution in [3.05, 3.63) is 17.9 Å². The monoisotopic (exact) mass is 295 g/mol. The summed E-state index contributed by atoms with van der Waals surface area (Å²) < 4.78 is 52.4. The van der Waals surface area contributed by atoms with Crippen LogP contribution in [-0.2, 0) is 19.9 Å². The molecule has 0 fully saturated rings. The Labute approximate surface area is 105 Å². The van der Waals surface area contributed by atoms with E-state index in [9.17, 15) is 21.6 Å². The Morgan fingerprint density at radius 1 is 1.33 bits per heavy atom. The largest absolute Gasteiger partial charge is 0.440 e. The van der Waals surface area contributed by atoms with Crippen LogP contribution in [0.25, 0.3) is 0 Å². The van der Waals surface area contributed by atoms with Gasteiger partial charge in [-0.3, -0.25) is 4.79 Å². The first-order valence-electron chi connectivity index (χ1n) is 4.89. The Morgan fingerprint density at radius 3 is 2.39 bits per heavy atom. The fraction of sp³-hybridized carbons (Fsp3) is 0.444. The number of carbonyl (C=O) groups is 1. The summed E-state index contributed by atoms with van der Waals surface area (Å²) in [5.41, 5.74) is 0. The minimum absolute atomic E-state index is 0.119. The molecule has 0 saturated heterocycles. The Balaban J connectivity index is 2.85. The lowest BCUT2D eigenvalue weighted by Gasteiger charge is -2.11. The maximum atomic E-state index is 11.7. The standard InChI is InChI=1S/C9H13NO6S2/c1-7(6-17(2,12)13)10-18(14,15)9-4-3-8(5-11)16-9/h3-5,7,10H,6H2,1-2H3. The van der Waals surface area contributed by atoms with Crippen molar-refractivity contribution in [1.82, 2.24) is 4.72 Å². The Morgan fingerprint density at radius 2 is 1.94 bits per heavy atom. The molecule has 1 aromatic rings. The summed E-state index contributed by atoms with van der Waals surface area (Å²) in [5, 5.41) is -0.426. The highest BCUT2D eigenvalue weighted by molar-refractivity contribution is 7.91. The zero-order valence-corrected chi connectivity index (χ0v) is 11.4. The lowest BCUT2D eigenvalue weighted by Crippen LogP contribution is -2.37. The molecule has 0 aliphatic heterocycles. The number of aldehydes is 1. The maximum absolute atomic E-state index is 11.7. The van der Waals surface area contributed by atoms with Gasteiger partial charge in [-0.15, -0.1) is 0 Å². The van der Waals surface area contributed by atoms with Gasteiger partial charge < -0.3 is 4.42 Å². The smallest absolute Gasteiger partial charge is 0.274 e. The van der Waals surface area contributed by atoms with E-state index in [-0.39, 0.29) is 11.5 Å². The lowest BCUT2D eigenvalue weighted by molar-refractivity contribution is 0.109. The highest BCUT2D eigenvalue weighted by Gasteiger charge is 2.23. The highest BCUT2D eigenvalue weighted by Crippen LogP contribution is 2.12. The summed E-state index contributed by atoms with van der Waals surface area (Å²) in [4.78, 5) is 10.4. The molecule has 1 rings (SSSR count). The van der Waals surface area contributed by atoms with Crippen LogP contribution in [0.2, 0.25) is 0 Å². The van der Waals surface area contributed by atoms with Crippen LogP contribution in [0, 0.1) is 0 Å². The van der Waals surface area contributed by atoms with Gasteiger partial charge in [0, 0.05) is 12.3 Å². The average molecular weight is 295 g/mol. The van der Waals surface area contributed by atoms with Crippen LogP contribution in [0.3, 0.4) is 0 Å². The maximum Gasteiger partial charge on any atom is 0.274 e. The molecule has 9 heteroatoms. The molecule has 0 radical (unpaired) electrons. The number of sulfonamides is 1. The van der Waals surface area contributed by atoms with E-state index >= 15 is 0 Å². The second-order valence-corrected chi connectivity index (χ2v) is 7.72. The van der Waals surface area contributed by atoms with Crippen LogP contribution in [0.15, 0.2) is 21.6 Å². The molecular weight excluding hydrogens is 282 g/mol. The number of furan rings is 1. The highest BCUT2D eigenvalue weighted by atomic mass is 32.2. The second-order valence-electron chi connectivity index (χ2n) is 3.89. The third kappa shape index (κ3) is 4.24. The fourth-order valence-electron chi connectivity index (χ4n) is 1.35. The number of hydrogen-bond acceptors (Lipinski definition) is 6. The summed E-state index contributed by atoms with van der Waals surface area (Å²) in [6, 6.07) is 1.54. The fourth-order valence-corrected chi connectivity index (χ4v) is 3.63. The van der Waals surface area contributed by atoms with Gasteiger partial charge in [0.25, 0.3) is 10.0 Å². The number of carbonyl (C=O) groups excluding carboxylic acids is 1. The van der Waals surface area contributed by atoms with Crippen molar-refractivity contribution in [2.75, 3.05) is 12.0 Å². The van der Waals surface area contributed by atoms with Crippen molar-refractivity contribution in [3.8, 4) is 0 Å². The molecule has 1 unspecified atom stereocenters. The Kier molecular flexibility index (Phi) is 4.30. The van der Waals surface area contributed by atoms with Crippen LogP contribution in [0.5, 0.6) is 0 Å². The molecule has 7 nitrogen and oxygen atoms in total. The van der Waals surface area contributed by atoms with E-state index in [0.29, 0.717) is 6.29 Å². The van der Waals surface area contributed by atoms with Gasteiger partial charge in [0.05, 0.1) is 5.75 Å². The molecule has 102 valence electrons. The quantitative estimate of drug-likeness (QED) is 0.728. The predicted molar refractivity (Wildman–Crippen MR) is 63.6 cm³/mol. The zero-order chi connectivity index (χ0) is 14.0. The molecule has 1 N–H and O–H groups in total. The minimum atomic E-state index is -3.96. The van der Waals surface area contributed by atoms with Crippen molar-refractivity contribution in [2.24, 2.45) is 0 Å². The van der Waals surface area contributed by atoms with Crippen LogP contribution < -0.4 is 4.72 Å². The van der Waals surface area contributed by atoms with Gasteiger partial charge in [-0.05, 0) is 19.1 Å². The topological polar surface area (TPSA) is 111 Å². The molecule has 0 aliphatic rings. The molecule has 1 aromatic heterocycles. The third-order valence-corrected chi connectivity index (χ3v) is 4.46. The van der Waals surface area contributed by atoms with E-state index < -0.39 is 31.0 Å². The molecule has 0 aromatic carbocycles. The van der Waals surface area contributed by atoms with E-state index in [0.717, 1.165) is 12.3 Å².